The van der Waals surface area contributed by atoms with Crippen molar-refractivity contribution >= 4 is 23.9 Å². The summed E-state index contributed by atoms with van der Waals surface area (Å²) < 4.78 is 23.5. The van der Waals surface area contributed by atoms with Gasteiger partial charge < -0.3 is 14.8 Å². The van der Waals surface area contributed by atoms with E-state index in [1.165, 1.54) is 18.2 Å². The molecule has 0 saturated heterocycles. The number of ether oxygens (including phenoxy) is 2. The third-order valence-electron chi connectivity index (χ3n) is 3.80. The Hall–Kier alpha value is -3.55. The molecule has 1 N–H and O–H groups in total. The minimum absolute atomic E-state index is 0.0166. The highest BCUT2D eigenvalue weighted by molar-refractivity contribution is 6.20. The number of nitrogens with zero attached hydrogens (tertiary/aromatic N) is 1. The molecule has 0 bridgehead atoms. The van der Waals surface area contributed by atoms with Crippen LogP contribution in [-0.2, 0) is 25.7 Å². The third-order valence-corrected chi connectivity index (χ3v) is 3.80. The molecule has 1 amide bonds. The molecule has 0 unspecified atom stereocenters. The van der Waals surface area contributed by atoms with Gasteiger partial charge in [0.1, 0.15) is 23.6 Å². The average Bonchev–Trinajstić information content (AvgIpc) is 2.71. The standard InChI is InChI=1S/C23H25FN2O5/c1-23(2,3)31-22(29)25-12-11-20(27)19(13-18-10-9-17(24)14-26-18)21(28)30-15-16-7-5-4-6-8-16/h4-10,13-14H,11-12,15H2,1-3H3,(H,25,29)/b19-13-. The number of rotatable bonds is 8. The topological polar surface area (TPSA) is 94.6 Å². The second-order valence-corrected chi connectivity index (χ2v) is 7.62. The molecular formula is C23H25FN2O5. The van der Waals surface area contributed by atoms with Crippen LogP contribution in [-0.4, -0.2) is 35.0 Å². The van der Waals surface area contributed by atoms with Crippen molar-refractivity contribution in [2.24, 2.45) is 0 Å². The molecule has 1 heterocycles. The summed E-state index contributed by atoms with van der Waals surface area (Å²) in [6.07, 6.45) is 1.39. The number of esters is 1. The van der Waals surface area contributed by atoms with Gasteiger partial charge in [0.2, 0.25) is 0 Å². The maximum atomic E-state index is 13.1. The van der Waals surface area contributed by atoms with Crippen molar-refractivity contribution < 1.29 is 28.2 Å². The van der Waals surface area contributed by atoms with Gasteiger partial charge in [-0.1, -0.05) is 30.3 Å². The van der Waals surface area contributed by atoms with Crippen LogP contribution in [0.5, 0.6) is 0 Å². The molecule has 164 valence electrons. The molecule has 0 saturated carbocycles. The van der Waals surface area contributed by atoms with Crippen molar-refractivity contribution in [1.29, 1.82) is 0 Å². The molecule has 2 aromatic rings. The van der Waals surface area contributed by atoms with Gasteiger partial charge in [-0.15, -0.1) is 0 Å². The summed E-state index contributed by atoms with van der Waals surface area (Å²) in [5.41, 5.74) is 0.0611. The van der Waals surface area contributed by atoms with Gasteiger partial charge in [-0.05, 0) is 44.5 Å². The minimum atomic E-state index is -0.836. The summed E-state index contributed by atoms with van der Waals surface area (Å²) in [7, 11) is 0. The van der Waals surface area contributed by atoms with Gasteiger partial charge in [-0.25, -0.2) is 14.0 Å². The van der Waals surface area contributed by atoms with Crippen LogP contribution < -0.4 is 5.32 Å². The number of hydrogen-bond acceptors (Lipinski definition) is 6. The predicted octanol–water partition coefficient (Wildman–Crippen LogP) is 3.83. The fourth-order valence-corrected chi connectivity index (χ4v) is 2.40. The first-order valence-corrected chi connectivity index (χ1v) is 9.68. The summed E-state index contributed by atoms with van der Waals surface area (Å²) in [6.45, 7) is 5.11. The van der Waals surface area contributed by atoms with Crippen LogP contribution >= 0.6 is 0 Å². The van der Waals surface area contributed by atoms with Crippen molar-refractivity contribution in [2.45, 2.75) is 39.4 Å². The number of carbonyl (C=O) groups excluding carboxylic acids is 3. The molecule has 2 rings (SSSR count). The number of Topliss-reactive ketones (excluding diaryl/α,β-unsaturated/α-hetero) is 1. The lowest BCUT2D eigenvalue weighted by molar-refractivity contribution is -0.141. The van der Waals surface area contributed by atoms with E-state index < -0.39 is 29.3 Å². The van der Waals surface area contributed by atoms with E-state index in [-0.39, 0.29) is 30.8 Å². The van der Waals surface area contributed by atoms with Crippen LogP contribution in [0.25, 0.3) is 6.08 Å². The van der Waals surface area contributed by atoms with Crippen LogP contribution in [0.2, 0.25) is 0 Å². The number of pyridine rings is 1. The summed E-state index contributed by atoms with van der Waals surface area (Å²) in [5, 5.41) is 2.47. The van der Waals surface area contributed by atoms with Gasteiger partial charge in [-0.2, -0.15) is 0 Å². The van der Waals surface area contributed by atoms with Crippen LogP contribution in [0.3, 0.4) is 0 Å². The van der Waals surface area contributed by atoms with E-state index in [2.05, 4.69) is 10.3 Å². The van der Waals surface area contributed by atoms with Gasteiger partial charge in [-0.3, -0.25) is 9.78 Å². The van der Waals surface area contributed by atoms with Gasteiger partial charge in [0.15, 0.2) is 5.78 Å². The molecule has 0 aliphatic rings. The van der Waals surface area contributed by atoms with Crippen LogP contribution in [0.15, 0.2) is 54.2 Å². The smallest absolute Gasteiger partial charge is 0.407 e. The molecular weight excluding hydrogens is 403 g/mol. The summed E-state index contributed by atoms with van der Waals surface area (Å²) in [5.74, 6) is -1.93. The Morgan fingerprint density at radius 1 is 1.10 bits per heavy atom. The number of amides is 1. The Morgan fingerprint density at radius 2 is 1.81 bits per heavy atom. The molecule has 8 heteroatoms. The van der Waals surface area contributed by atoms with Crippen LogP contribution in [0.1, 0.15) is 38.4 Å². The third kappa shape index (κ3) is 8.77. The van der Waals surface area contributed by atoms with E-state index in [1.54, 1.807) is 45.0 Å². The second-order valence-electron chi connectivity index (χ2n) is 7.62. The molecule has 7 nitrogen and oxygen atoms in total. The van der Waals surface area contributed by atoms with Crippen molar-refractivity contribution in [2.75, 3.05) is 6.54 Å². The predicted molar refractivity (Wildman–Crippen MR) is 112 cm³/mol. The van der Waals surface area contributed by atoms with E-state index in [0.29, 0.717) is 0 Å². The van der Waals surface area contributed by atoms with Gasteiger partial charge in [0, 0.05) is 13.0 Å². The van der Waals surface area contributed by atoms with Crippen molar-refractivity contribution in [3.05, 3.63) is 71.3 Å². The molecule has 1 aromatic heterocycles. The molecule has 0 aliphatic carbocycles. The number of alkyl carbamates (subject to hydrolysis) is 1. The Kier molecular flexibility index (Phi) is 8.43. The summed E-state index contributed by atoms with van der Waals surface area (Å²) in [6, 6.07) is 11.5. The Labute approximate surface area is 180 Å². The van der Waals surface area contributed by atoms with Crippen molar-refractivity contribution in [1.82, 2.24) is 10.3 Å². The van der Waals surface area contributed by atoms with E-state index >= 15 is 0 Å². The van der Waals surface area contributed by atoms with Gasteiger partial charge in [0.25, 0.3) is 0 Å². The molecule has 0 radical (unpaired) electrons. The maximum Gasteiger partial charge on any atom is 0.407 e. The molecule has 0 aliphatic heterocycles. The molecule has 1 aromatic carbocycles. The van der Waals surface area contributed by atoms with E-state index in [1.807, 2.05) is 6.07 Å². The van der Waals surface area contributed by atoms with E-state index in [4.69, 9.17) is 9.47 Å². The SMILES string of the molecule is CC(C)(C)OC(=O)NCCC(=O)/C(=C/c1ccc(F)cn1)C(=O)OCc1ccccc1. The number of nitrogens with one attached hydrogen (secondary N) is 1. The lowest BCUT2D eigenvalue weighted by atomic mass is 10.1. The molecule has 0 atom stereocenters. The first kappa shape index (κ1) is 23.7. The van der Waals surface area contributed by atoms with E-state index in [0.717, 1.165) is 11.8 Å². The number of halogens is 1. The number of benzene rings is 1. The number of hydrogen-bond donors (Lipinski definition) is 1. The number of aromatic nitrogens is 1. The first-order valence-electron chi connectivity index (χ1n) is 9.68. The number of carbonyl (C=O) groups is 3. The molecule has 31 heavy (non-hydrogen) atoms. The normalized spacial score (nSPS) is 11.5. The zero-order valence-corrected chi connectivity index (χ0v) is 17.7. The summed E-state index contributed by atoms with van der Waals surface area (Å²) in [4.78, 5) is 40.8. The highest BCUT2D eigenvalue weighted by atomic mass is 19.1. The molecule has 0 spiro atoms. The highest BCUT2D eigenvalue weighted by Gasteiger charge is 2.21. The van der Waals surface area contributed by atoms with Crippen LogP contribution in [0, 0.1) is 5.82 Å². The fraction of sp³-hybridized carbons (Fsp3) is 0.304. The first-order chi connectivity index (χ1) is 14.6. The summed E-state index contributed by atoms with van der Waals surface area (Å²) >= 11 is 0. The van der Waals surface area contributed by atoms with E-state index in [9.17, 15) is 18.8 Å². The average molecular weight is 428 g/mol. The van der Waals surface area contributed by atoms with Crippen LogP contribution in [0.4, 0.5) is 9.18 Å². The number of ketones is 1. The highest BCUT2D eigenvalue weighted by Crippen LogP contribution is 2.12. The largest absolute Gasteiger partial charge is 0.457 e. The minimum Gasteiger partial charge on any atom is -0.457 e. The van der Waals surface area contributed by atoms with Crippen molar-refractivity contribution in [3.8, 4) is 0 Å². The molecule has 0 fully saturated rings. The van der Waals surface area contributed by atoms with Gasteiger partial charge >= 0.3 is 12.1 Å². The Balaban J connectivity index is 2.07. The quantitative estimate of drug-likeness (QED) is 0.297. The lowest BCUT2D eigenvalue weighted by Gasteiger charge is -2.19. The Morgan fingerprint density at radius 3 is 2.42 bits per heavy atom. The fourth-order valence-electron chi connectivity index (χ4n) is 2.40. The lowest BCUT2D eigenvalue weighted by Crippen LogP contribution is -2.34. The second kappa shape index (κ2) is 11.0. The Bertz CT molecular complexity index is 935. The van der Waals surface area contributed by atoms with Gasteiger partial charge in [0.05, 0.1) is 11.9 Å². The van der Waals surface area contributed by atoms with Crippen molar-refractivity contribution in [3.63, 3.8) is 0 Å². The monoisotopic (exact) mass is 428 g/mol. The maximum absolute atomic E-state index is 13.1. The zero-order chi connectivity index (χ0) is 22.9. The zero-order valence-electron chi connectivity index (χ0n) is 17.7.